The molecule has 7 nitrogen and oxygen atoms in total. The summed E-state index contributed by atoms with van der Waals surface area (Å²) in [5, 5.41) is 2.79. The van der Waals surface area contributed by atoms with E-state index in [1.165, 1.54) is 7.11 Å². The first-order chi connectivity index (χ1) is 15.6. The number of nitrogens with zero attached hydrogens (tertiary/aromatic N) is 1. The van der Waals surface area contributed by atoms with Crippen LogP contribution in [0.3, 0.4) is 0 Å². The SMILES string of the molecule is COC(=O)c1cc(C2CC2)c2c(C)c(-c3ccc(CNC(=O)OC(C)(C)C)s3)ccn2c1=O. The van der Waals surface area contributed by atoms with E-state index >= 15 is 0 Å². The lowest BCUT2D eigenvalue weighted by atomic mass is 10.00. The second-order valence-electron chi connectivity index (χ2n) is 9.28. The number of amides is 1. The van der Waals surface area contributed by atoms with Gasteiger partial charge in [-0.1, -0.05) is 0 Å². The van der Waals surface area contributed by atoms with E-state index < -0.39 is 17.7 Å². The van der Waals surface area contributed by atoms with Crippen LogP contribution in [-0.4, -0.2) is 29.2 Å². The highest BCUT2D eigenvalue weighted by Crippen LogP contribution is 2.44. The summed E-state index contributed by atoms with van der Waals surface area (Å²) in [6, 6.07) is 7.61. The Kier molecular flexibility index (Phi) is 6.05. The number of rotatable bonds is 5. The highest BCUT2D eigenvalue weighted by atomic mass is 32.1. The van der Waals surface area contributed by atoms with Crippen LogP contribution in [-0.2, 0) is 16.0 Å². The Balaban J connectivity index is 1.68. The molecule has 4 rings (SSSR count). The van der Waals surface area contributed by atoms with Crippen molar-refractivity contribution in [2.45, 2.75) is 58.6 Å². The quantitative estimate of drug-likeness (QED) is 0.531. The first-order valence-electron chi connectivity index (χ1n) is 10.9. The minimum Gasteiger partial charge on any atom is -0.465 e. The number of hydrogen-bond donors (Lipinski definition) is 1. The Hall–Kier alpha value is -3.13. The maximum absolute atomic E-state index is 13.0. The summed E-state index contributed by atoms with van der Waals surface area (Å²) in [7, 11) is 1.29. The zero-order valence-corrected chi connectivity index (χ0v) is 20.3. The number of thiophene rings is 1. The molecule has 1 N–H and O–H groups in total. The van der Waals surface area contributed by atoms with Crippen molar-refractivity contribution in [2.24, 2.45) is 0 Å². The molecule has 3 heterocycles. The molecule has 0 radical (unpaired) electrons. The second kappa shape index (κ2) is 8.67. The average Bonchev–Trinajstić information content (AvgIpc) is 3.49. The minimum atomic E-state index is -0.613. The van der Waals surface area contributed by atoms with Gasteiger partial charge in [0, 0.05) is 16.0 Å². The molecule has 0 unspecified atom stereocenters. The number of carbonyl (C=O) groups is 2. The largest absolute Gasteiger partial charge is 0.465 e. The maximum Gasteiger partial charge on any atom is 0.407 e. The van der Waals surface area contributed by atoms with Crippen molar-refractivity contribution in [3.63, 3.8) is 0 Å². The van der Waals surface area contributed by atoms with Crippen LogP contribution in [0.4, 0.5) is 4.79 Å². The number of aryl methyl sites for hydroxylation is 1. The fourth-order valence-electron chi connectivity index (χ4n) is 3.92. The third kappa shape index (κ3) is 4.80. The third-order valence-electron chi connectivity index (χ3n) is 5.57. The number of fused-ring (bicyclic) bond motifs is 1. The fourth-order valence-corrected chi connectivity index (χ4v) is 4.95. The van der Waals surface area contributed by atoms with Gasteiger partial charge in [-0.05, 0) is 87.4 Å². The Bertz CT molecular complexity index is 1290. The number of esters is 1. The predicted octanol–water partition coefficient (Wildman–Crippen LogP) is 5.03. The van der Waals surface area contributed by atoms with Crippen molar-refractivity contribution < 1.29 is 19.1 Å². The van der Waals surface area contributed by atoms with Crippen LogP contribution in [0.1, 0.15) is 65.9 Å². The lowest BCUT2D eigenvalue weighted by Crippen LogP contribution is -2.31. The topological polar surface area (TPSA) is 86.1 Å². The number of hydrogen-bond acceptors (Lipinski definition) is 6. The van der Waals surface area contributed by atoms with Crippen molar-refractivity contribution in [3.05, 3.63) is 62.4 Å². The van der Waals surface area contributed by atoms with E-state index in [4.69, 9.17) is 9.47 Å². The molecule has 33 heavy (non-hydrogen) atoms. The minimum absolute atomic E-state index is 0.0654. The molecule has 0 spiro atoms. The molecule has 174 valence electrons. The molecule has 1 aliphatic carbocycles. The summed E-state index contributed by atoms with van der Waals surface area (Å²) in [4.78, 5) is 39.1. The molecular formula is C25H28N2O5S. The molecule has 0 saturated heterocycles. The normalized spacial score (nSPS) is 13.7. The van der Waals surface area contributed by atoms with Crippen LogP contribution in [0.15, 0.2) is 35.3 Å². The van der Waals surface area contributed by atoms with Gasteiger partial charge < -0.3 is 14.8 Å². The molecule has 0 bridgehead atoms. The Morgan fingerprint density at radius 2 is 1.94 bits per heavy atom. The molecule has 1 fully saturated rings. The van der Waals surface area contributed by atoms with E-state index in [-0.39, 0.29) is 11.1 Å². The number of alkyl carbamates (subject to hydrolysis) is 1. The number of aromatic nitrogens is 1. The van der Waals surface area contributed by atoms with Gasteiger partial charge in [0.15, 0.2) is 0 Å². The lowest BCUT2D eigenvalue weighted by Gasteiger charge is -2.19. The average molecular weight is 469 g/mol. The van der Waals surface area contributed by atoms with Crippen LogP contribution >= 0.6 is 11.3 Å². The zero-order chi connectivity index (χ0) is 23.9. The summed E-state index contributed by atoms with van der Waals surface area (Å²) in [5.41, 5.74) is 3.03. The molecule has 0 aromatic carbocycles. The van der Waals surface area contributed by atoms with Crippen molar-refractivity contribution in [1.29, 1.82) is 0 Å². The molecule has 1 amide bonds. The van der Waals surface area contributed by atoms with E-state index in [0.717, 1.165) is 44.8 Å². The van der Waals surface area contributed by atoms with Gasteiger partial charge in [-0.2, -0.15) is 0 Å². The van der Waals surface area contributed by atoms with Gasteiger partial charge in [-0.3, -0.25) is 9.20 Å². The van der Waals surface area contributed by atoms with Crippen molar-refractivity contribution in [2.75, 3.05) is 7.11 Å². The first kappa shape index (κ1) is 23.0. The van der Waals surface area contributed by atoms with Gasteiger partial charge in [-0.15, -0.1) is 11.3 Å². The lowest BCUT2D eigenvalue weighted by molar-refractivity contribution is 0.0523. The Morgan fingerprint density at radius 1 is 1.21 bits per heavy atom. The summed E-state index contributed by atoms with van der Waals surface area (Å²) in [5.74, 6) is -0.270. The number of methoxy groups -OCH3 is 1. The van der Waals surface area contributed by atoms with E-state index in [1.54, 1.807) is 28.0 Å². The second-order valence-corrected chi connectivity index (χ2v) is 10.4. The smallest absolute Gasteiger partial charge is 0.407 e. The highest BCUT2D eigenvalue weighted by molar-refractivity contribution is 7.15. The molecule has 3 aromatic heterocycles. The summed E-state index contributed by atoms with van der Waals surface area (Å²) < 4.78 is 11.7. The highest BCUT2D eigenvalue weighted by Gasteiger charge is 2.29. The third-order valence-corrected chi connectivity index (χ3v) is 6.69. The van der Waals surface area contributed by atoms with Crippen LogP contribution < -0.4 is 10.9 Å². The maximum atomic E-state index is 13.0. The van der Waals surface area contributed by atoms with E-state index in [9.17, 15) is 14.4 Å². The Morgan fingerprint density at radius 3 is 2.58 bits per heavy atom. The van der Waals surface area contributed by atoms with Crippen LogP contribution in [0.25, 0.3) is 16.0 Å². The van der Waals surface area contributed by atoms with Crippen molar-refractivity contribution in [1.82, 2.24) is 9.72 Å². The molecule has 0 atom stereocenters. The van der Waals surface area contributed by atoms with Crippen molar-refractivity contribution >= 4 is 28.9 Å². The van der Waals surface area contributed by atoms with Gasteiger partial charge in [0.1, 0.15) is 11.2 Å². The van der Waals surface area contributed by atoms with E-state index in [1.807, 2.05) is 45.9 Å². The van der Waals surface area contributed by atoms with Gasteiger partial charge in [-0.25, -0.2) is 9.59 Å². The predicted molar refractivity (Wildman–Crippen MR) is 128 cm³/mol. The van der Waals surface area contributed by atoms with Crippen molar-refractivity contribution in [3.8, 4) is 10.4 Å². The summed E-state index contributed by atoms with van der Waals surface area (Å²) in [6.07, 6.45) is 3.36. The summed E-state index contributed by atoms with van der Waals surface area (Å²) >= 11 is 1.58. The summed E-state index contributed by atoms with van der Waals surface area (Å²) in [6.45, 7) is 7.86. The van der Waals surface area contributed by atoms with E-state index in [2.05, 4.69) is 5.32 Å². The van der Waals surface area contributed by atoms with Gasteiger partial charge >= 0.3 is 12.1 Å². The molecule has 0 aliphatic heterocycles. The standard InChI is InChI=1S/C25H28N2O5S/c1-14-17(20-9-8-16(33-20)13-26-24(30)32-25(2,3)4)10-11-27-21(14)18(15-6-7-15)12-19(22(27)28)23(29)31-5/h8-12,15H,6-7,13H2,1-5H3,(H,26,30). The van der Waals surface area contributed by atoms with Crippen LogP contribution in [0, 0.1) is 6.92 Å². The van der Waals surface area contributed by atoms with Crippen LogP contribution in [0.2, 0.25) is 0 Å². The zero-order valence-electron chi connectivity index (χ0n) is 19.5. The first-order valence-corrected chi connectivity index (χ1v) is 11.7. The fraction of sp³-hybridized carbons (Fsp3) is 0.400. The molecule has 8 heteroatoms. The number of carbonyl (C=O) groups excluding carboxylic acids is 2. The van der Waals surface area contributed by atoms with Gasteiger partial charge in [0.25, 0.3) is 5.56 Å². The number of pyridine rings is 2. The molecule has 1 saturated carbocycles. The van der Waals surface area contributed by atoms with Gasteiger partial charge in [0.05, 0.1) is 19.2 Å². The molecular weight excluding hydrogens is 440 g/mol. The van der Waals surface area contributed by atoms with Gasteiger partial charge in [0.2, 0.25) is 0 Å². The number of ether oxygens (including phenoxy) is 2. The van der Waals surface area contributed by atoms with E-state index in [0.29, 0.717) is 12.5 Å². The monoisotopic (exact) mass is 468 g/mol. The molecule has 3 aromatic rings. The number of nitrogens with one attached hydrogen (secondary N) is 1. The van der Waals surface area contributed by atoms with Crippen LogP contribution in [0.5, 0.6) is 0 Å². The Labute approximate surface area is 196 Å². The molecule has 1 aliphatic rings.